The molecule has 26 heavy (non-hydrogen) atoms. The Kier molecular flexibility index (Phi) is 4.55. The third-order valence-corrected chi connectivity index (χ3v) is 6.05. The van der Waals surface area contributed by atoms with Gasteiger partial charge in [-0.15, -0.1) is 0 Å². The molecule has 2 bridgehead atoms. The zero-order chi connectivity index (χ0) is 18.1. The molecule has 0 aromatic heterocycles. The average Bonchev–Trinajstić information content (AvgIpc) is 2.92. The number of nitrogens with zero attached hydrogens (tertiary/aromatic N) is 1. The van der Waals surface area contributed by atoms with Crippen LogP contribution in [0.25, 0.3) is 0 Å². The van der Waals surface area contributed by atoms with Gasteiger partial charge in [0.2, 0.25) is 5.60 Å². The molecule has 4 heteroatoms. The Morgan fingerprint density at radius 1 is 0.962 bits per heavy atom. The van der Waals surface area contributed by atoms with Crippen LogP contribution in [-0.4, -0.2) is 41.2 Å². The van der Waals surface area contributed by atoms with E-state index >= 15 is 0 Å². The van der Waals surface area contributed by atoms with Gasteiger partial charge in [-0.1, -0.05) is 60.7 Å². The van der Waals surface area contributed by atoms with E-state index in [4.69, 9.17) is 4.74 Å². The van der Waals surface area contributed by atoms with Crippen molar-refractivity contribution in [3.8, 4) is 0 Å². The lowest BCUT2D eigenvalue weighted by Gasteiger charge is -2.38. The van der Waals surface area contributed by atoms with E-state index < -0.39 is 11.6 Å². The molecule has 0 unspecified atom stereocenters. The third kappa shape index (κ3) is 2.83. The monoisotopic (exact) mass is 350 g/mol. The van der Waals surface area contributed by atoms with Crippen molar-refractivity contribution < 1.29 is 14.6 Å². The standard InChI is InChI=1S/C22H25NO3/c1-23-18-12-14-19(23)20(15-13-18)26-21(24)22(25,16-8-4-2-5-9-16)17-10-6-3-7-11-17/h2-11,18-20,25H,12-15H2,1H3/t18-,19+,20+/m0/s1/i1-1. The highest BCUT2D eigenvalue weighted by atomic mass is 16.6. The lowest BCUT2D eigenvalue weighted by atomic mass is 9.86. The predicted octanol–water partition coefficient (Wildman–Crippen LogP) is 3.09. The van der Waals surface area contributed by atoms with E-state index in [1.54, 1.807) is 24.3 Å². The Hall–Kier alpha value is -2.17. The molecule has 0 radical (unpaired) electrons. The van der Waals surface area contributed by atoms with Crippen molar-refractivity contribution in [2.75, 3.05) is 7.05 Å². The minimum Gasteiger partial charge on any atom is -0.458 e. The number of likely N-dealkylation sites (N-methyl/N-ethyl adjacent to an activating group) is 1. The molecule has 2 aromatic rings. The first-order chi connectivity index (χ1) is 12.6. The maximum atomic E-state index is 13.2. The van der Waals surface area contributed by atoms with Gasteiger partial charge < -0.3 is 9.84 Å². The summed E-state index contributed by atoms with van der Waals surface area (Å²) in [5.74, 6) is -0.585. The molecule has 1 N–H and O–H groups in total. The minimum atomic E-state index is -1.80. The van der Waals surface area contributed by atoms with Crippen LogP contribution in [0, 0.1) is 0 Å². The largest absolute Gasteiger partial charge is 0.458 e. The number of esters is 1. The number of fused-ring (bicyclic) bond motifs is 2. The van der Waals surface area contributed by atoms with Crippen LogP contribution < -0.4 is 0 Å². The van der Waals surface area contributed by atoms with Crippen molar-refractivity contribution in [1.29, 1.82) is 0 Å². The molecule has 2 aliphatic rings. The number of hydrogen-bond donors (Lipinski definition) is 1. The lowest BCUT2D eigenvalue weighted by molar-refractivity contribution is -0.173. The summed E-state index contributed by atoms with van der Waals surface area (Å²) in [6.07, 6.45) is 3.96. The van der Waals surface area contributed by atoms with Gasteiger partial charge in [0.1, 0.15) is 6.10 Å². The summed E-state index contributed by atoms with van der Waals surface area (Å²) in [6, 6.07) is 19.0. The number of benzene rings is 2. The fourth-order valence-corrected chi connectivity index (χ4v) is 4.51. The molecule has 2 aromatic carbocycles. The average molecular weight is 350 g/mol. The van der Waals surface area contributed by atoms with Gasteiger partial charge in [-0.05, 0) is 43.9 Å². The first-order valence-electron chi connectivity index (χ1n) is 9.37. The van der Waals surface area contributed by atoms with Gasteiger partial charge in [-0.2, -0.15) is 0 Å². The number of carbonyl (C=O) groups excluding carboxylic acids is 1. The van der Waals surface area contributed by atoms with Crippen LogP contribution in [-0.2, 0) is 15.1 Å². The van der Waals surface area contributed by atoms with Crippen molar-refractivity contribution in [2.45, 2.75) is 49.5 Å². The second-order valence-electron chi connectivity index (χ2n) is 7.43. The second kappa shape index (κ2) is 6.86. The highest BCUT2D eigenvalue weighted by molar-refractivity contribution is 5.85. The second-order valence-corrected chi connectivity index (χ2v) is 7.43. The predicted molar refractivity (Wildman–Crippen MR) is 99.6 cm³/mol. The van der Waals surface area contributed by atoms with Crippen molar-refractivity contribution in [1.82, 2.24) is 4.90 Å². The lowest BCUT2D eigenvalue weighted by Crippen LogP contribution is -2.49. The fourth-order valence-electron chi connectivity index (χ4n) is 4.51. The highest BCUT2D eigenvalue weighted by Gasteiger charge is 2.47. The maximum Gasteiger partial charge on any atom is 0.348 e. The van der Waals surface area contributed by atoms with Crippen molar-refractivity contribution in [3.05, 3.63) is 71.8 Å². The molecule has 2 heterocycles. The van der Waals surface area contributed by atoms with Gasteiger partial charge >= 0.3 is 5.97 Å². The zero-order valence-electron chi connectivity index (χ0n) is 15.0. The topological polar surface area (TPSA) is 49.8 Å². The Labute approximate surface area is 154 Å². The first-order valence-corrected chi connectivity index (χ1v) is 9.37. The molecular formula is C22H25NO3. The molecule has 0 aliphatic carbocycles. The summed E-state index contributed by atoms with van der Waals surface area (Å²) < 4.78 is 5.94. The first kappa shape index (κ1) is 17.3. The fraction of sp³-hybridized carbons (Fsp3) is 0.409. The molecule has 4 rings (SSSR count). The molecule has 0 amide bonds. The Morgan fingerprint density at radius 3 is 2.08 bits per heavy atom. The summed E-state index contributed by atoms with van der Waals surface area (Å²) in [5.41, 5.74) is -0.731. The smallest absolute Gasteiger partial charge is 0.348 e. The molecule has 2 fully saturated rings. The maximum absolute atomic E-state index is 13.2. The van der Waals surface area contributed by atoms with Crippen LogP contribution >= 0.6 is 0 Å². The minimum absolute atomic E-state index is 0.162. The number of piperidine rings is 1. The molecule has 136 valence electrons. The Bertz CT molecular complexity index is 722. The molecule has 3 atom stereocenters. The van der Waals surface area contributed by atoms with E-state index in [0.717, 1.165) is 25.7 Å². The van der Waals surface area contributed by atoms with Gasteiger partial charge in [0.05, 0.1) is 0 Å². The van der Waals surface area contributed by atoms with Crippen molar-refractivity contribution in [2.24, 2.45) is 0 Å². The van der Waals surface area contributed by atoms with Gasteiger partial charge in [0, 0.05) is 12.1 Å². The molecule has 2 saturated heterocycles. The van der Waals surface area contributed by atoms with Crippen LogP contribution in [0.15, 0.2) is 60.7 Å². The Balaban J connectivity index is 1.65. The summed E-state index contributed by atoms with van der Waals surface area (Å²) in [7, 11) is 2.11. The summed E-state index contributed by atoms with van der Waals surface area (Å²) in [4.78, 5) is 15.6. The molecule has 2 aliphatic heterocycles. The molecule has 0 spiro atoms. The van der Waals surface area contributed by atoms with Gasteiger partial charge in [0.15, 0.2) is 0 Å². The number of aliphatic hydroxyl groups is 1. The van der Waals surface area contributed by atoms with E-state index in [1.807, 2.05) is 36.4 Å². The number of carbonyl (C=O) groups is 1. The van der Waals surface area contributed by atoms with E-state index in [1.165, 1.54) is 0 Å². The van der Waals surface area contributed by atoms with Crippen LogP contribution in [0.5, 0.6) is 0 Å². The van der Waals surface area contributed by atoms with Crippen molar-refractivity contribution in [3.63, 3.8) is 0 Å². The van der Waals surface area contributed by atoms with Crippen LogP contribution in [0.1, 0.15) is 36.8 Å². The number of ether oxygens (including phenoxy) is 1. The van der Waals surface area contributed by atoms with E-state index in [-0.39, 0.29) is 12.1 Å². The van der Waals surface area contributed by atoms with Gasteiger partial charge in [0.25, 0.3) is 0 Å². The molecule has 4 nitrogen and oxygen atoms in total. The van der Waals surface area contributed by atoms with Gasteiger partial charge in [-0.3, -0.25) is 4.90 Å². The van der Waals surface area contributed by atoms with E-state index in [2.05, 4.69) is 11.9 Å². The summed E-state index contributed by atoms with van der Waals surface area (Å²) in [5, 5.41) is 11.5. The number of rotatable bonds is 4. The number of hydrogen-bond acceptors (Lipinski definition) is 4. The molecular weight excluding hydrogens is 325 g/mol. The van der Waals surface area contributed by atoms with Crippen LogP contribution in [0.3, 0.4) is 0 Å². The molecule has 0 saturated carbocycles. The SMILES string of the molecule is [11CH3]N1[C@H]2CC[C@@H]1[C@H](OC(=O)C(O)(c1ccccc1)c1ccccc1)CC2. The van der Waals surface area contributed by atoms with E-state index in [9.17, 15) is 9.90 Å². The van der Waals surface area contributed by atoms with Crippen molar-refractivity contribution >= 4 is 5.97 Å². The quantitative estimate of drug-likeness (QED) is 0.861. The summed E-state index contributed by atoms with van der Waals surface area (Å²) >= 11 is 0. The normalized spacial score (nSPS) is 25.8. The third-order valence-electron chi connectivity index (χ3n) is 6.05. The Morgan fingerprint density at radius 2 is 1.50 bits per heavy atom. The highest BCUT2D eigenvalue weighted by Crippen LogP contribution is 2.38. The van der Waals surface area contributed by atoms with Crippen LogP contribution in [0.4, 0.5) is 0 Å². The summed E-state index contributed by atoms with van der Waals surface area (Å²) in [6.45, 7) is 0. The van der Waals surface area contributed by atoms with Gasteiger partial charge in [-0.25, -0.2) is 4.79 Å². The zero-order valence-corrected chi connectivity index (χ0v) is 15.0. The van der Waals surface area contributed by atoms with E-state index in [0.29, 0.717) is 17.2 Å². The van der Waals surface area contributed by atoms with Crippen LogP contribution in [0.2, 0.25) is 0 Å².